The van der Waals surface area contributed by atoms with Crippen molar-refractivity contribution in [3.63, 3.8) is 0 Å². The Morgan fingerprint density at radius 3 is 2.71 bits per heavy atom. The molecule has 1 heterocycles. The van der Waals surface area contributed by atoms with E-state index in [1.165, 1.54) is 11.1 Å². The Balaban J connectivity index is 1.92. The predicted octanol–water partition coefficient (Wildman–Crippen LogP) is 2.64. The molecule has 0 bridgehead atoms. The lowest BCUT2D eigenvalue weighted by Gasteiger charge is -2.34. The number of likely N-dealkylation sites (tertiary alicyclic amines) is 1. The maximum atomic E-state index is 12.8. The third kappa shape index (κ3) is 2.13. The number of aliphatic carboxylic acids is 1. The SMILES string of the molecule is CCC1(C(=O)O)CCCN1C(=O)c1ccc2c(c1)CCC2. The van der Waals surface area contributed by atoms with Crippen LogP contribution in [0.15, 0.2) is 18.2 Å². The first kappa shape index (κ1) is 14.1. The first-order chi connectivity index (χ1) is 10.1. The number of amides is 1. The highest BCUT2D eigenvalue weighted by Gasteiger charge is 2.48. The molecule has 1 amide bonds. The number of carbonyl (C=O) groups is 2. The molecule has 0 aromatic heterocycles. The minimum Gasteiger partial charge on any atom is -0.479 e. The molecular formula is C17H21NO3. The molecule has 1 saturated heterocycles. The summed E-state index contributed by atoms with van der Waals surface area (Å²) in [6.07, 6.45) is 5.02. The van der Waals surface area contributed by atoms with Crippen molar-refractivity contribution in [2.45, 2.75) is 51.0 Å². The fourth-order valence-electron chi connectivity index (χ4n) is 3.78. The first-order valence-corrected chi connectivity index (χ1v) is 7.75. The third-order valence-electron chi connectivity index (χ3n) is 5.06. The van der Waals surface area contributed by atoms with Crippen molar-refractivity contribution in [3.8, 4) is 0 Å². The van der Waals surface area contributed by atoms with Crippen molar-refractivity contribution in [2.24, 2.45) is 0 Å². The number of benzene rings is 1. The summed E-state index contributed by atoms with van der Waals surface area (Å²) in [4.78, 5) is 26.1. The van der Waals surface area contributed by atoms with Gasteiger partial charge in [0, 0.05) is 12.1 Å². The second-order valence-corrected chi connectivity index (χ2v) is 6.09. The van der Waals surface area contributed by atoms with Crippen LogP contribution in [-0.2, 0) is 17.6 Å². The molecule has 1 unspecified atom stereocenters. The molecule has 1 aromatic carbocycles. The molecule has 1 aliphatic carbocycles. The molecule has 4 heteroatoms. The highest BCUT2D eigenvalue weighted by atomic mass is 16.4. The van der Waals surface area contributed by atoms with Crippen molar-refractivity contribution >= 4 is 11.9 Å². The first-order valence-electron chi connectivity index (χ1n) is 7.75. The van der Waals surface area contributed by atoms with Gasteiger partial charge in [0.2, 0.25) is 0 Å². The van der Waals surface area contributed by atoms with Gasteiger partial charge in [-0.3, -0.25) is 4.79 Å². The summed E-state index contributed by atoms with van der Waals surface area (Å²) in [6, 6.07) is 5.85. The van der Waals surface area contributed by atoms with Crippen LogP contribution < -0.4 is 0 Å². The average molecular weight is 287 g/mol. The summed E-state index contributed by atoms with van der Waals surface area (Å²) in [7, 11) is 0. The molecule has 0 spiro atoms. The number of rotatable bonds is 3. The number of fused-ring (bicyclic) bond motifs is 1. The molecule has 1 fully saturated rings. The second-order valence-electron chi connectivity index (χ2n) is 6.09. The van der Waals surface area contributed by atoms with Crippen LogP contribution >= 0.6 is 0 Å². The van der Waals surface area contributed by atoms with Gasteiger partial charge in [-0.25, -0.2) is 4.79 Å². The lowest BCUT2D eigenvalue weighted by atomic mass is 9.92. The molecule has 112 valence electrons. The van der Waals surface area contributed by atoms with E-state index in [0.29, 0.717) is 24.9 Å². The lowest BCUT2D eigenvalue weighted by molar-refractivity contribution is -0.148. The summed E-state index contributed by atoms with van der Waals surface area (Å²) >= 11 is 0. The normalized spacial score (nSPS) is 24.1. The van der Waals surface area contributed by atoms with E-state index in [1.807, 2.05) is 25.1 Å². The van der Waals surface area contributed by atoms with Gasteiger partial charge in [0.15, 0.2) is 0 Å². The number of carbonyl (C=O) groups excluding carboxylic acids is 1. The van der Waals surface area contributed by atoms with Crippen LogP contribution in [0.2, 0.25) is 0 Å². The summed E-state index contributed by atoms with van der Waals surface area (Å²) < 4.78 is 0. The molecule has 2 aliphatic rings. The average Bonchev–Trinajstić information content (AvgIpc) is 3.12. The van der Waals surface area contributed by atoms with E-state index in [4.69, 9.17) is 0 Å². The van der Waals surface area contributed by atoms with Gasteiger partial charge in [-0.05, 0) is 61.8 Å². The third-order valence-corrected chi connectivity index (χ3v) is 5.06. The summed E-state index contributed by atoms with van der Waals surface area (Å²) in [5, 5.41) is 9.59. The molecule has 1 atom stereocenters. The number of nitrogens with zero attached hydrogens (tertiary/aromatic N) is 1. The number of hydrogen-bond donors (Lipinski definition) is 1. The van der Waals surface area contributed by atoms with E-state index < -0.39 is 11.5 Å². The molecule has 0 saturated carbocycles. The Bertz CT molecular complexity index is 596. The van der Waals surface area contributed by atoms with Gasteiger partial charge < -0.3 is 10.0 Å². The molecule has 4 nitrogen and oxygen atoms in total. The zero-order valence-electron chi connectivity index (χ0n) is 12.4. The maximum absolute atomic E-state index is 12.8. The maximum Gasteiger partial charge on any atom is 0.329 e. The van der Waals surface area contributed by atoms with Crippen molar-refractivity contribution in [2.75, 3.05) is 6.54 Å². The molecule has 1 aliphatic heterocycles. The number of hydrogen-bond acceptors (Lipinski definition) is 2. The summed E-state index contributed by atoms with van der Waals surface area (Å²) in [5.41, 5.74) is 2.19. The van der Waals surface area contributed by atoms with Crippen LogP contribution in [-0.4, -0.2) is 34.0 Å². The smallest absolute Gasteiger partial charge is 0.329 e. The Morgan fingerprint density at radius 1 is 1.24 bits per heavy atom. The fourth-order valence-corrected chi connectivity index (χ4v) is 3.78. The lowest BCUT2D eigenvalue weighted by Crippen LogP contribution is -2.52. The molecule has 0 radical (unpaired) electrons. The van der Waals surface area contributed by atoms with Gasteiger partial charge in [0.25, 0.3) is 5.91 Å². The van der Waals surface area contributed by atoms with Crippen molar-refractivity contribution in [3.05, 3.63) is 34.9 Å². The van der Waals surface area contributed by atoms with Crippen molar-refractivity contribution in [1.82, 2.24) is 4.90 Å². The van der Waals surface area contributed by atoms with Crippen LogP contribution in [0.1, 0.15) is 54.1 Å². The number of aryl methyl sites for hydroxylation is 2. The monoisotopic (exact) mass is 287 g/mol. The van der Waals surface area contributed by atoms with Crippen LogP contribution in [0.3, 0.4) is 0 Å². The van der Waals surface area contributed by atoms with Gasteiger partial charge in [-0.2, -0.15) is 0 Å². The fraction of sp³-hybridized carbons (Fsp3) is 0.529. The zero-order chi connectivity index (χ0) is 15.0. The van der Waals surface area contributed by atoms with Crippen LogP contribution in [0.4, 0.5) is 0 Å². The van der Waals surface area contributed by atoms with E-state index in [2.05, 4.69) is 0 Å². The Hall–Kier alpha value is -1.84. The Morgan fingerprint density at radius 2 is 2.00 bits per heavy atom. The van der Waals surface area contributed by atoms with Gasteiger partial charge in [0.1, 0.15) is 5.54 Å². The van der Waals surface area contributed by atoms with E-state index in [9.17, 15) is 14.7 Å². The van der Waals surface area contributed by atoms with Crippen LogP contribution in [0.5, 0.6) is 0 Å². The Kier molecular flexibility index (Phi) is 3.47. The molecule has 1 aromatic rings. The molecule has 21 heavy (non-hydrogen) atoms. The van der Waals surface area contributed by atoms with E-state index >= 15 is 0 Å². The predicted molar refractivity (Wildman–Crippen MR) is 79.4 cm³/mol. The number of carboxylic acids is 1. The largest absolute Gasteiger partial charge is 0.479 e. The quantitative estimate of drug-likeness (QED) is 0.929. The molecule has 3 rings (SSSR count). The highest BCUT2D eigenvalue weighted by Crippen LogP contribution is 2.34. The summed E-state index contributed by atoms with van der Waals surface area (Å²) in [5.74, 6) is -1.01. The zero-order valence-corrected chi connectivity index (χ0v) is 12.4. The highest BCUT2D eigenvalue weighted by molar-refractivity contribution is 5.98. The van der Waals surface area contributed by atoms with E-state index in [-0.39, 0.29) is 5.91 Å². The second kappa shape index (κ2) is 5.17. The van der Waals surface area contributed by atoms with E-state index in [0.717, 1.165) is 25.7 Å². The molecular weight excluding hydrogens is 266 g/mol. The topological polar surface area (TPSA) is 57.6 Å². The minimum absolute atomic E-state index is 0.133. The van der Waals surface area contributed by atoms with Crippen molar-refractivity contribution < 1.29 is 14.7 Å². The van der Waals surface area contributed by atoms with E-state index in [1.54, 1.807) is 4.90 Å². The standard InChI is InChI=1S/C17H21NO3/c1-2-17(16(20)21)9-4-10-18(17)15(19)14-8-7-12-5-3-6-13(12)11-14/h7-8,11H,2-6,9-10H2,1H3,(H,20,21). The van der Waals surface area contributed by atoms with Gasteiger partial charge in [-0.15, -0.1) is 0 Å². The van der Waals surface area contributed by atoms with Crippen molar-refractivity contribution in [1.29, 1.82) is 0 Å². The van der Waals surface area contributed by atoms with Gasteiger partial charge in [-0.1, -0.05) is 13.0 Å². The summed E-state index contributed by atoms with van der Waals surface area (Å²) in [6.45, 7) is 2.39. The molecule has 1 N–H and O–H groups in total. The number of carboxylic acid groups (broad SMARTS) is 1. The van der Waals surface area contributed by atoms with Gasteiger partial charge >= 0.3 is 5.97 Å². The van der Waals surface area contributed by atoms with Crippen LogP contribution in [0.25, 0.3) is 0 Å². The minimum atomic E-state index is -1.02. The van der Waals surface area contributed by atoms with Crippen LogP contribution in [0, 0.1) is 0 Å². The Labute approximate surface area is 124 Å². The van der Waals surface area contributed by atoms with Gasteiger partial charge in [0.05, 0.1) is 0 Å².